The topological polar surface area (TPSA) is 127 Å². The fourth-order valence-corrected chi connectivity index (χ4v) is 5.20. The molecule has 0 bridgehead atoms. The molecule has 194 valence electrons. The molecule has 5 rings (SSSR count). The molecule has 39 heavy (non-hydrogen) atoms. The number of halogens is 2. The third kappa shape index (κ3) is 4.90. The molecular formula is C27H17ClFN5O4S. The Morgan fingerprint density at radius 3 is 2.54 bits per heavy atom. The van der Waals surface area contributed by atoms with E-state index in [1.165, 1.54) is 72.6 Å². The van der Waals surface area contributed by atoms with Crippen molar-refractivity contribution in [1.29, 1.82) is 5.26 Å². The van der Waals surface area contributed by atoms with Gasteiger partial charge in [0.15, 0.2) is 0 Å². The predicted molar refractivity (Wildman–Crippen MR) is 144 cm³/mol. The molecule has 5 aromatic rings. The van der Waals surface area contributed by atoms with Crippen LogP contribution in [0, 0.1) is 17.1 Å². The molecule has 0 aliphatic carbocycles. The van der Waals surface area contributed by atoms with E-state index in [0.29, 0.717) is 16.5 Å². The molecule has 0 amide bonds. The van der Waals surface area contributed by atoms with Gasteiger partial charge in [-0.1, -0.05) is 17.7 Å². The third-order valence-corrected chi connectivity index (χ3v) is 7.53. The standard InChI is InChI=1S/C27H17ClFN5O4S/c1-38-25-13-20(16-3-6-21(28)18(11-16)15-30)22(29)14-24(25)34-23-7-5-19(12-17(23)4-8-26(34)35)39(36,37)33-27-31-9-2-10-32-27/h2-14H,1H3,(H,31,32,33). The molecule has 0 unspecified atom stereocenters. The summed E-state index contributed by atoms with van der Waals surface area (Å²) in [5.74, 6) is -0.591. The lowest BCUT2D eigenvalue weighted by Gasteiger charge is -2.17. The first-order chi connectivity index (χ1) is 18.7. The van der Waals surface area contributed by atoms with Crippen LogP contribution in [0.2, 0.25) is 5.02 Å². The minimum atomic E-state index is -4.04. The molecule has 3 aromatic carbocycles. The number of sulfonamides is 1. The Bertz CT molecular complexity index is 1960. The van der Waals surface area contributed by atoms with Crippen LogP contribution in [0.3, 0.4) is 0 Å². The minimum absolute atomic E-state index is 0.0859. The van der Waals surface area contributed by atoms with Crippen LogP contribution in [0.5, 0.6) is 5.75 Å². The molecule has 0 aliphatic heterocycles. The van der Waals surface area contributed by atoms with Crippen molar-refractivity contribution in [2.75, 3.05) is 11.8 Å². The van der Waals surface area contributed by atoms with Gasteiger partial charge in [0.25, 0.3) is 15.6 Å². The van der Waals surface area contributed by atoms with E-state index in [4.69, 9.17) is 16.3 Å². The molecule has 12 heteroatoms. The largest absolute Gasteiger partial charge is 0.495 e. The highest BCUT2D eigenvalue weighted by molar-refractivity contribution is 7.92. The zero-order chi connectivity index (χ0) is 27.7. The van der Waals surface area contributed by atoms with Crippen LogP contribution in [0.1, 0.15) is 5.56 Å². The van der Waals surface area contributed by atoms with Gasteiger partial charge in [-0.05, 0) is 54.1 Å². The molecule has 0 spiro atoms. The van der Waals surface area contributed by atoms with Gasteiger partial charge in [0, 0.05) is 35.5 Å². The Labute approximate surface area is 226 Å². The summed E-state index contributed by atoms with van der Waals surface area (Å²) < 4.78 is 50.3. The van der Waals surface area contributed by atoms with Crippen molar-refractivity contribution in [1.82, 2.24) is 14.5 Å². The number of nitrogens with one attached hydrogen (secondary N) is 1. The quantitative estimate of drug-likeness (QED) is 0.312. The fourth-order valence-electron chi connectivity index (χ4n) is 4.05. The van der Waals surface area contributed by atoms with E-state index in [1.54, 1.807) is 12.1 Å². The second kappa shape index (κ2) is 10.2. The molecule has 0 atom stereocenters. The number of nitriles is 1. The molecular weight excluding hydrogens is 545 g/mol. The molecule has 0 fully saturated rings. The van der Waals surface area contributed by atoms with Crippen molar-refractivity contribution in [3.05, 3.63) is 106 Å². The number of hydrogen-bond acceptors (Lipinski definition) is 7. The van der Waals surface area contributed by atoms with Gasteiger partial charge in [0.1, 0.15) is 17.6 Å². The zero-order valence-electron chi connectivity index (χ0n) is 20.1. The number of aromatic nitrogens is 3. The molecule has 1 N–H and O–H groups in total. The second-order valence-electron chi connectivity index (χ2n) is 8.22. The average molecular weight is 562 g/mol. The summed E-state index contributed by atoms with van der Waals surface area (Å²) >= 11 is 6.01. The average Bonchev–Trinajstić information content (AvgIpc) is 2.93. The Morgan fingerprint density at radius 1 is 1.05 bits per heavy atom. The van der Waals surface area contributed by atoms with Crippen molar-refractivity contribution in [2.45, 2.75) is 4.90 Å². The zero-order valence-corrected chi connectivity index (χ0v) is 21.7. The SMILES string of the molecule is COc1cc(-c2ccc(Cl)c(C#N)c2)c(F)cc1-n1c(=O)ccc2cc(S(=O)(=O)Nc3ncccn3)ccc21. The van der Waals surface area contributed by atoms with E-state index >= 15 is 4.39 Å². The summed E-state index contributed by atoms with van der Waals surface area (Å²) in [5, 5.41) is 9.92. The van der Waals surface area contributed by atoms with Crippen molar-refractivity contribution in [2.24, 2.45) is 0 Å². The summed E-state index contributed by atoms with van der Waals surface area (Å²) in [5.41, 5.74) is 0.655. The number of fused-ring (bicyclic) bond motifs is 1. The molecule has 0 radical (unpaired) electrons. The van der Waals surface area contributed by atoms with Gasteiger partial charge < -0.3 is 4.74 Å². The highest BCUT2D eigenvalue weighted by Gasteiger charge is 2.20. The van der Waals surface area contributed by atoms with Gasteiger partial charge in [-0.2, -0.15) is 5.26 Å². The lowest BCUT2D eigenvalue weighted by molar-refractivity contribution is 0.412. The van der Waals surface area contributed by atoms with Crippen molar-refractivity contribution >= 4 is 38.5 Å². The second-order valence-corrected chi connectivity index (χ2v) is 10.3. The molecule has 0 aliphatic rings. The summed E-state index contributed by atoms with van der Waals surface area (Å²) in [6, 6.07) is 17.5. The van der Waals surface area contributed by atoms with Crippen LogP contribution in [-0.4, -0.2) is 30.1 Å². The number of pyridine rings is 1. The predicted octanol–water partition coefficient (Wildman–Crippen LogP) is 4.92. The Kier molecular flexibility index (Phi) is 6.74. The van der Waals surface area contributed by atoms with Gasteiger partial charge in [-0.25, -0.2) is 27.5 Å². The van der Waals surface area contributed by atoms with E-state index in [9.17, 15) is 18.5 Å². The van der Waals surface area contributed by atoms with E-state index < -0.39 is 21.4 Å². The van der Waals surface area contributed by atoms with E-state index in [0.717, 1.165) is 6.07 Å². The number of anilines is 1. The number of methoxy groups -OCH3 is 1. The first kappa shape index (κ1) is 25.8. The maximum absolute atomic E-state index is 15.4. The highest BCUT2D eigenvalue weighted by Crippen LogP contribution is 2.35. The first-order valence-corrected chi connectivity index (χ1v) is 13.1. The van der Waals surface area contributed by atoms with Gasteiger partial charge in [0.05, 0.1) is 33.8 Å². The normalized spacial score (nSPS) is 11.2. The van der Waals surface area contributed by atoms with Crippen LogP contribution >= 0.6 is 11.6 Å². The maximum Gasteiger partial charge on any atom is 0.264 e. The molecule has 9 nitrogen and oxygen atoms in total. The van der Waals surface area contributed by atoms with Crippen LogP contribution in [-0.2, 0) is 10.0 Å². The molecule has 0 saturated carbocycles. The highest BCUT2D eigenvalue weighted by atomic mass is 35.5. The van der Waals surface area contributed by atoms with E-state index in [2.05, 4.69) is 14.7 Å². The van der Waals surface area contributed by atoms with Crippen molar-refractivity contribution in [3.63, 3.8) is 0 Å². The van der Waals surface area contributed by atoms with E-state index in [1.807, 2.05) is 6.07 Å². The smallest absolute Gasteiger partial charge is 0.264 e. The van der Waals surface area contributed by atoms with Crippen molar-refractivity contribution in [3.8, 4) is 28.6 Å². The van der Waals surface area contributed by atoms with Crippen molar-refractivity contribution < 1.29 is 17.5 Å². The van der Waals surface area contributed by atoms with Gasteiger partial charge in [0.2, 0.25) is 5.95 Å². The van der Waals surface area contributed by atoms with E-state index in [-0.39, 0.29) is 38.4 Å². The molecule has 0 saturated heterocycles. The number of benzene rings is 3. The lowest BCUT2D eigenvalue weighted by Crippen LogP contribution is -2.19. The maximum atomic E-state index is 15.4. The number of rotatable bonds is 6. The lowest BCUT2D eigenvalue weighted by atomic mass is 10.0. The number of ether oxygens (including phenoxy) is 1. The summed E-state index contributed by atoms with van der Waals surface area (Å²) in [4.78, 5) is 20.7. The molecule has 2 aromatic heterocycles. The van der Waals surface area contributed by atoms with Crippen LogP contribution in [0.25, 0.3) is 27.7 Å². The monoisotopic (exact) mass is 561 g/mol. The van der Waals surface area contributed by atoms with Gasteiger partial charge in [-0.3, -0.25) is 9.36 Å². The first-order valence-electron chi connectivity index (χ1n) is 11.3. The number of nitrogens with zero attached hydrogens (tertiary/aromatic N) is 4. The third-order valence-electron chi connectivity index (χ3n) is 5.87. The van der Waals surface area contributed by atoms with Crippen LogP contribution in [0.4, 0.5) is 10.3 Å². The Balaban J connectivity index is 1.63. The minimum Gasteiger partial charge on any atom is -0.495 e. The summed E-state index contributed by atoms with van der Waals surface area (Å²) in [6.45, 7) is 0. The number of hydrogen-bond donors (Lipinski definition) is 1. The molecule has 2 heterocycles. The Hall–Kier alpha value is -4.79. The van der Waals surface area contributed by atoms with Gasteiger partial charge >= 0.3 is 0 Å². The summed E-state index contributed by atoms with van der Waals surface area (Å²) in [7, 11) is -2.66. The summed E-state index contributed by atoms with van der Waals surface area (Å²) in [6.07, 6.45) is 2.80. The van der Waals surface area contributed by atoms with Gasteiger partial charge in [-0.15, -0.1) is 0 Å². The Morgan fingerprint density at radius 2 is 1.82 bits per heavy atom. The van der Waals surface area contributed by atoms with Crippen LogP contribution < -0.4 is 15.0 Å². The fraction of sp³-hybridized carbons (Fsp3) is 0.0370. The van der Waals surface area contributed by atoms with Crippen LogP contribution in [0.15, 0.2) is 88.8 Å².